The number of rotatable bonds is 5. The van der Waals surface area contributed by atoms with Gasteiger partial charge in [-0.2, -0.15) is 0 Å². The molecular formula is C15H21FN2O2. The summed E-state index contributed by atoms with van der Waals surface area (Å²) in [5.41, 5.74) is 0.673. The van der Waals surface area contributed by atoms with Gasteiger partial charge in [0.1, 0.15) is 5.82 Å². The van der Waals surface area contributed by atoms with Crippen molar-refractivity contribution in [3.63, 3.8) is 0 Å². The van der Waals surface area contributed by atoms with Crippen molar-refractivity contribution in [1.29, 1.82) is 0 Å². The number of carboxylic acids is 1. The van der Waals surface area contributed by atoms with E-state index in [0.717, 1.165) is 25.5 Å². The molecule has 0 amide bonds. The van der Waals surface area contributed by atoms with Gasteiger partial charge in [-0.25, -0.2) is 9.18 Å². The van der Waals surface area contributed by atoms with Gasteiger partial charge in [-0.3, -0.25) is 0 Å². The number of likely N-dealkylation sites (N-methyl/N-ethyl adjacent to an activating group) is 2. The fourth-order valence-corrected chi connectivity index (χ4v) is 2.87. The molecule has 1 fully saturated rings. The zero-order valence-electron chi connectivity index (χ0n) is 12.2. The Morgan fingerprint density at radius 3 is 2.45 bits per heavy atom. The van der Waals surface area contributed by atoms with E-state index in [9.17, 15) is 14.3 Å². The molecule has 0 spiro atoms. The predicted octanol–water partition coefficient (Wildman–Crippen LogP) is 2.44. The van der Waals surface area contributed by atoms with Gasteiger partial charge in [0.15, 0.2) is 0 Å². The first-order valence-corrected chi connectivity index (χ1v) is 6.77. The van der Waals surface area contributed by atoms with Crippen molar-refractivity contribution < 1.29 is 14.3 Å². The molecule has 0 atom stereocenters. The molecule has 1 aromatic carbocycles. The molecule has 0 heterocycles. The minimum absolute atomic E-state index is 0.0146. The molecule has 0 aromatic heterocycles. The fourth-order valence-electron chi connectivity index (χ4n) is 2.87. The molecule has 0 bridgehead atoms. The zero-order valence-corrected chi connectivity index (χ0v) is 12.2. The van der Waals surface area contributed by atoms with Gasteiger partial charge in [0.2, 0.25) is 0 Å². The van der Waals surface area contributed by atoms with Gasteiger partial charge >= 0.3 is 5.97 Å². The second-order valence-electron chi connectivity index (χ2n) is 5.80. The van der Waals surface area contributed by atoms with Gasteiger partial charge in [0.05, 0.1) is 11.3 Å². The van der Waals surface area contributed by atoms with E-state index in [1.54, 1.807) is 6.07 Å². The van der Waals surface area contributed by atoms with Crippen LogP contribution in [0.25, 0.3) is 0 Å². The van der Waals surface area contributed by atoms with Crippen LogP contribution in [0.4, 0.5) is 10.1 Å². The summed E-state index contributed by atoms with van der Waals surface area (Å²) in [6.45, 7) is 0.742. The minimum Gasteiger partial charge on any atom is -0.478 e. The van der Waals surface area contributed by atoms with E-state index in [1.165, 1.54) is 12.5 Å². The number of carboxylic acid groups (broad SMARTS) is 1. The smallest absolute Gasteiger partial charge is 0.337 e. The van der Waals surface area contributed by atoms with Gasteiger partial charge in [0.25, 0.3) is 0 Å². The molecule has 1 aromatic rings. The highest BCUT2D eigenvalue weighted by atomic mass is 19.1. The van der Waals surface area contributed by atoms with Crippen LogP contribution < -0.4 is 4.90 Å². The van der Waals surface area contributed by atoms with Gasteiger partial charge in [0, 0.05) is 19.1 Å². The first kappa shape index (κ1) is 14.8. The quantitative estimate of drug-likeness (QED) is 0.899. The summed E-state index contributed by atoms with van der Waals surface area (Å²) in [5, 5.41) is 9.21. The third-order valence-electron chi connectivity index (χ3n) is 4.36. The number of anilines is 1. The maximum atomic E-state index is 13.2. The van der Waals surface area contributed by atoms with Crippen molar-refractivity contribution in [3.05, 3.63) is 29.6 Å². The molecule has 4 nitrogen and oxygen atoms in total. The molecule has 110 valence electrons. The Hall–Kier alpha value is -1.62. The number of halogens is 1. The van der Waals surface area contributed by atoms with Crippen molar-refractivity contribution in [2.24, 2.45) is 0 Å². The molecule has 0 unspecified atom stereocenters. The van der Waals surface area contributed by atoms with E-state index >= 15 is 0 Å². The van der Waals surface area contributed by atoms with Crippen LogP contribution in [0.1, 0.15) is 29.6 Å². The summed E-state index contributed by atoms with van der Waals surface area (Å²) in [4.78, 5) is 15.4. The minimum atomic E-state index is -1.10. The van der Waals surface area contributed by atoms with Crippen LogP contribution in [0.5, 0.6) is 0 Å². The van der Waals surface area contributed by atoms with E-state index in [-0.39, 0.29) is 11.1 Å². The Kier molecular flexibility index (Phi) is 3.99. The first-order valence-electron chi connectivity index (χ1n) is 6.77. The van der Waals surface area contributed by atoms with Crippen molar-refractivity contribution in [2.45, 2.75) is 24.8 Å². The van der Waals surface area contributed by atoms with Crippen molar-refractivity contribution in [2.75, 3.05) is 32.6 Å². The SMILES string of the molecule is CN(CC1(N(C)C)CCC1)c1ccc(F)cc1C(=O)O. The maximum absolute atomic E-state index is 13.2. The molecule has 20 heavy (non-hydrogen) atoms. The van der Waals surface area contributed by atoms with E-state index in [2.05, 4.69) is 19.0 Å². The molecule has 0 aliphatic heterocycles. The lowest BCUT2D eigenvalue weighted by Crippen LogP contribution is -2.56. The Labute approximate surface area is 118 Å². The number of carbonyl (C=O) groups is 1. The Morgan fingerprint density at radius 2 is 2.00 bits per heavy atom. The summed E-state index contributed by atoms with van der Waals surface area (Å²) < 4.78 is 13.2. The Balaban J connectivity index is 2.25. The van der Waals surface area contributed by atoms with Gasteiger partial charge in [-0.1, -0.05) is 0 Å². The molecule has 1 aliphatic carbocycles. The van der Waals surface area contributed by atoms with Gasteiger partial charge in [-0.15, -0.1) is 0 Å². The molecular weight excluding hydrogens is 259 g/mol. The number of benzene rings is 1. The normalized spacial score (nSPS) is 16.9. The molecule has 5 heteroatoms. The highest BCUT2D eigenvalue weighted by molar-refractivity contribution is 5.94. The summed E-state index contributed by atoms with van der Waals surface area (Å²) in [7, 11) is 5.97. The Bertz CT molecular complexity index is 513. The topological polar surface area (TPSA) is 43.8 Å². The van der Waals surface area contributed by atoms with Crippen LogP contribution in [0, 0.1) is 5.82 Å². The zero-order chi connectivity index (χ0) is 14.9. The van der Waals surface area contributed by atoms with Crippen molar-refractivity contribution >= 4 is 11.7 Å². The maximum Gasteiger partial charge on any atom is 0.337 e. The summed E-state index contributed by atoms with van der Waals surface area (Å²) in [6.07, 6.45) is 3.41. The summed E-state index contributed by atoms with van der Waals surface area (Å²) in [6, 6.07) is 3.93. The third-order valence-corrected chi connectivity index (χ3v) is 4.36. The van der Waals surface area contributed by atoms with E-state index < -0.39 is 11.8 Å². The number of hydrogen-bond donors (Lipinski definition) is 1. The highest BCUT2D eigenvalue weighted by Gasteiger charge is 2.40. The Morgan fingerprint density at radius 1 is 1.35 bits per heavy atom. The summed E-state index contributed by atoms with van der Waals surface area (Å²) >= 11 is 0. The number of hydrogen-bond acceptors (Lipinski definition) is 3. The van der Waals surface area contributed by atoms with Crippen LogP contribution in [-0.4, -0.2) is 49.2 Å². The van der Waals surface area contributed by atoms with Crippen molar-refractivity contribution in [3.8, 4) is 0 Å². The molecule has 1 aliphatic rings. The molecule has 1 saturated carbocycles. The standard InChI is InChI=1S/C15H21FN2O2/c1-17(2)15(7-4-8-15)10-18(3)13-6-5-11(16)9-12(13)14(19)20/h5-6,9H,4,7-8,10H2,1-3H3,(H,19,20). The van der Waals surface area contributed by atoms with E-state index in [0.29, 0.717) is 5.69 Å². The lowest BCUT2D eigenvalue weighted by molar-refractivity contribution is 0.0670. The average molecular weight is 280 g/mol. The van der Waals surface area contributed by atoms with Crippen molar-refractivity contribution in [1.82, 2.24) is 4.90 Å². The lowest BCUT2D eigenvalue weighted by atomic mass is 9.75. The summed E-state index contributed by atoms with van der Waals surface area (Å²) in [5.74, 6) is -1.62. The third kappa shape index (κ3) is 2.63. The lowest BCUT2D eigenvalue weighted by Gasteiger charge is -2.49. The van der Waals surface area contributed by atoms with Crippen LogP contribution >= 0.6 is 0 Å². The second kappa shape index (κ2) is 5.40. The van der Waals surface area contributed by atoms with Crippen LogP contribution in [-0.2, 0) is 0 Å². The second-order valence-corrected chi connectivity index (χ2v) is 5.80. The first-order chi connectivity index (χ1) is 9.35. The molecule has 2 rings (SSSR count). The monoisotopic (exact) mass is 280 g/mol. The predicted molar refractivity (Wildman–Crippen MR) is 76.9 cm³/mol. The average Bonchev–Trinajstić information content (AvgIpc) is 2.32. The van der Waals surface area contributed by atoms with Crippen LogP contribution in [0.15, 0.2) is 18.2 Å². The van der Waals surface area contributed by atoms with Gasteiger partial charge < -0.3 is 14.9 Å². The molecule has 1 N–H and O–H groups in total. The number of aromatic carboxylic acids is 1. The fraction of sp³-hybridized carbons (Fsp3) is 0.533. The van der Waals surface area contributed by atoms with Crippen LogP contribution in [0.2, 0.25) is 0 Å². The highest BCUT2D eigenvalue weighted by Crippen LogP contribution is 2.37. The molecule has 0 radical (unpaired) electrons. The largest absolute Gasteiger partial charge is 0.478 e. The molecule has 0 saturated heterocycles. The van der Waals surface area contributed by atoms with E-state index in [1.807, 2.05) is 11.9 Å². The van der Waals surface area contributed by atoms with E-state index in [4.69, 9.17) is 0 Å². The van der Waals surface area contributed by atoms with Gasteiger partial charge in [-0.05, 0) is 51.6 Å². The van der Waals surface area contributed by atoms with Crippen LogP contribution in [0.3, 0.4) is 0 Å². The number of nitrogens with zero attached hydrogens (tertiary/aromatic N) is 2.